The lowest BCUT2D eigenvalue weighted by Gasteiger charge is -2.14. The van der Waals surface area contributed by atoms with Gasteiger partial charge in [-0.1, -0.05) is 6.07 Å². The second kappa shape index (κ2) is 5.71. The van der Waals surface area contributed by atoms with Crippen LogP contribution in [0.5, 0.6) is 11.5 Å². The molecule has 5 heteroatoms. The summed E-state index contributed by atoms with van der Waals surface area (Å²) in [6.45, 7) is 1.46. The Labute approximate surface area is 115 Å². The number of carbonyl (C=O) groups excluding carboxylic acids is 1. The number of nitrogens with two attached hydrogens (primary N) is 1. The van der Waals surface area contributed by atoms with E-state index in [1.165, 1.54) is 31.2 Å². The molecule has 3 N–H and O–H groups in total. The zero-order valence-electron chi connectivity index (χ0n) is 10.8. The Morgan fingerprint density at radius 1 is 1.25 bits per heavy atom. The third-order valence-corrected chi connectivity index (χ3v) is 2.80. The molecule has 0 heterocycles. The van der Waals surface area contributed by atoms with Crippen molar-refractivity contribution >= 4 is 5.91 Å². The molecule has 0 radical (unpaired) electrons. The van der Waals surface area contributed by atoms with Crippen molar-refractivity contribution in [3.05, 3.63) is 59.4 Å². The van der Waals surface area contributed by atoms with E-state index in [2.05, 4.69) is 0 Å². The second-order valence-corrected chi connectivity index (χ2v) is 4.32. The van der Waals surface area contributed by atoms with Crippen LogP contribution in [0.25, 0.3) is 0 Å². The lowest BCUT2D eigenvalue weighted by Crippen LogP contribution is -2.10. The van der Waals surface area contributed by atoms with Gasteiger partial charge in [0.15, 0.2) is 0 Å². The molecule has 0 fully saturated rings. The average Bonchev–Trinajstić information content (AvgIpc) is 2.39. The van der Waals surface area contributed by atoms with Crippen LogP contribution in [0.3, 0.4) is 0 Å². The summed E-state index contributed by atoms with van der Waals surface area (Å²) in [5.74, 6) is -0.424. The summed E-state index contributed by atoms with van der Waals surface area (Å²) in [6.07, 6.45) is -0.990. The normalized spacial score (nSPS) is 11.9. The van der Waals surface area contributed by atoms with E-state index in [9.17, 15) is 14.3 Å². The van der Waals surface area contributed by atoms with Gasteiger partial charge in [0.2, 0.25) is 5.91 Å². The second-order valence-electron chi connectivity index (χ2n) is 4.32. The minimum atomic E-state index is -0.990. The minimum absolute atomic E-state index is 0.0893. The van der Waals surface area contributed by atoms with Crippen LogP contribution < -0.4 is 10.5 Å². The highest BCUT2D eigenvalue weighted by Crippen LogP contribution is 2.31. The maximum absolute atomic E-state index is 13.7. The van der Waals surface area contributed by atoms with E-state index < -0.39 is 17.8 Å². The Hall–Kier alpha value is -2.40. The molecule has 20 heavy (non-hydrogen) atoms. The predicted octanol–water partition coefficient (Wildman–Crippen LogP) is 2.77. The van der Waals surface area contributed by atoms with E-state index in [-0.39, 0.29) is 11.3 Å². The zero-order valence-corrected chi connectivity index (χ0v) is 10.8. The molecule has 2 aromatic carbocycles. The van der Waals surface area contributed by atoms with Gasteiger partial charge in [0.1, 0.15) is 17.3 Å². The van der Waals surface area contributed by atoms with Crippen LogP contribution in [-0.2, 0) is 0 Å². The molecule has 2 aromatic rings. The number of amides is 1. The Morgan fingerprint density at radius 2 is 1.90 bits per heavy atom. The fraction of sp³-hybridized carbons (Fsp3) is 0.133. The predicted molar refractivity (Wildman–Crippen MR) is 72.1 cm³/mol. The van der Waals surface area contributed by atoms with Gasteiger partial charge in [0, 0.05) is 5.56 Å². The number of hydrogen-bond donors (Lipinski definition) is 2. The third kappa shape index (κ3) is 2.95. The number of hydrogen-bond acceptors (Lipinski definition) is 3. The van der Waals surface area contributed by atoms with Crippen LogP contribution >= 0.6 is 0 Å². The summed E-state index contributed by atoms with van der Waals surface area (Å²) in [6, 6.07) is 10.4. The lowest BCUT2D eigenvalue weighted by atomic mass is 10.1. The Kier molecular flexibility index (Phi) is 4.00. The molecule has 0 saturated heterocycles. The topological polar surface area (TPSA) is 72.6 Å². The smallest absolute Gasteiger partial charge is 0.248 e. The summed E-state index contributed by atoms with van der Waals surface area (Å²) < 4.78 is 19.2. The van der Waals surface area contributed by atoms with Crippen molar-refractivity contribution < 1.29 is 19.0 Å². The molecule has 0 unspecified atom stereocenters. The third-order valence-electron chi connectivity index (χ3n) is 2.80. The molecule has 0 aromatic heterocycles. The van der Waals surface area contributed by atoms with Gasteiger partial charge < -0.3 is 15.6 Å². The van der Waals surface area contributed by atoms with Crippen molar-refractivity contribution in [2.45, 2.75) is 13.0 Å². The largest absolute Gasteiger partial charge is 0.457 e. The number of aliphatic hydroxyl groups is 1. The Bertz CT molecular complexity index is 624. The standard InChI is InChI=1S/C15H14FNO3/c1-9(18)14-12(16)3-2-4-13(14)20-11-7-5-10(6-8-11)15(17)19/h2-9,18H,1H3,(H2,17,19)/t9-/m1/s1. The van der Waals surface area contributed by atoms with Gasteiger partial charge in [-0.25, -0.2) is 4.39 Å². The van der Waals surface area contributed by atoms with Crippen molar-refractivity contribution in [2.75, 3.05) is 0 Å². The first-order valence-corrected chi connectivity index (χ1v) is 6.03. The molecule has 4 nitrogen and oxygen atoms in total. The van der Waals surface area contributed by atoms with Crippen LogP contribution in [-0.4, -0.2) is 11.0 Å². The molecule has 0 aliphatic heterocycles. The highest BCUT2D eigenvalue weighted by Gasteiger charge is 2.15. The molecular weight excluding hydrogens is 261 g/mol. The van der Waals surface area contributed by atoms with Gasteiger partial charge in [-0.05, 0) is 43.3 Å². The maximum Gasteiger partial charge on any atom is 0.248 e. The van der Waals surface area contributed by atoms with Crippen LogP contribution in [0.2, 0.25) is 0 Å². The Balaban J connectivity index is 2.30. The summed E-state index contributed by atoms with van der Waals surface area (Å²) >= 11 is 0. The molecule has 104 valence electrons. The van der Waals surface area contributed by atoms with E-state index in [1.54, 1.807) is 18.2 Å². The van der Waals surface area contributed by atoms with Crippen molar-refractivity contribution in [3.8, 4) is 11.5 Å². The van der Waals surface area contributed by atoms with Crippen molar-refractivity contribution in [3.63, 3.8) is 0 Å². The first-order valence-electron chi connectivity index (χ1n) is 6.03. The minimum Gasteiger partial charge on any atom is -0.457 e. The highest BCUT2D eigenvalue weighted by molar-refractivity contribution is 5.92. The molecule has 0 aliphatic rings. The number of aliphatic hydroxyl groups excluding tert-OH is 1. The van der Waals surface area contributed by atoms with Gasteiger partial charge in [0.25, 0.3) is 0 Å². The average molecular weight is 275 g/mol. The molecule has 2 rings (SSSR count). The van der Waals surface area contributed by atoms with E-state index in [0.29, 0.717) is 11.3 Å². The lowest BCUT2D eigenvalue weighted by molar-refractivity contribution is 0.100. The monoisotopic (exact) mass is 275 g/mol. The molecule has 0 spiro atoms. The SMILES string of the molecule is C[C@@H](O)c1c(F)cccc1Oc1ccc(C(N)=O)cc1. The zero-order chi connectivity index (χ0) is 14.7. The first kappa shape index (κ1) is 14.0. The van der Waals surface area contributed by atoms with E-state index in [4.69, 9.17) is 10.5 Å². The summed E-state index contributed by atoms with van der Waals surface area (Å²) in [4.78, 5) is 11.0. The summed E-state index contributed by atoms with van der Waals surface area (Å²) in [5, 5.41) is 9.60. The van der Waals surface area contributed by atoms with Gasteiger partial charge in [-0.2, -0.15) is 0 Å². The molecule has 1 amide bonds. The molecule has 1 atom stereocenters. The summed E-state index contributed by atoms with van der Waals surface area (Å²) in [7, 11) is 0. The van der Waals surface area contributed by atoms with Gasteiger partial charge in [0.05, 0.1) is 11.7 Å². The van der Waals surface area contributed by atoms with Crippen molar-refractivity contribution in [1.29, 1.82) is 0 Å². The number of primary amides is 1. The van der Waals surface area contributed by atoms with E-state index >= 15 is 0 Å². The number of rotatable bonds is 4. The van der Waals surface area contributed by atoms with Crippen LogP contribution in [0, 0.1) is 5.82 Å². The van der Waals surface area contributed by atoms with Gasteiger partial charge in [-0.15, -0.1) is 0 Å². The molecule has 0 bridgehead atoms. The fourth-order valence-electron chi connectivity index (χ4n) is 1.83. The van der Waals surface area contributed by atoms with Crippen LogP contribution in [0.1, 0.15) is 28.9 Å². The quantitative estimate of drug-likeness (QED) is 0.901. The van der Waals surface area contributed by atoms with Gasteiger partial charge >= 0.3 is 0 Å². The fourth-order valence-corrected chi connectivity index (χ4v) is 1.83. The van der Waals surface area contributed by atoms with E-state index in [1.807, 2.05) is 0 Å². The summed E-state index contributed by atoms with van der Waals surface area (Å²) in [5.41, 5.74) is 5.58. The van der Waals surface area contributed by atoms with E-state index in [0.717, 1.165) is 0 Å². The molecule has 0 aliphatic carbocycles. The van der Waals surface area contributed by atoms with Gasteiger partial charge in [-0.3, -0.25) is 4.79 Å². The first-order chi connectivity index (χ1) is 9.49. The van der Waals surface area contributed by atoms with Crippen molar-refractivity contribution in [2.24, 2.45) is 5.73 Å². The number of halogens is 1. The number of ether oxygens (including phenoxy) is 1. The maximum atomic E-state index is 13.7. The Morgan fingerprint density at radius 3 is 2.45 bits per heavy atom. The number of carbonyl (C=O) groups is 1. The molecular formula is C15H14FNO3. The highest BCUT2D eigenvalue weighted by atomic mass is 19.1. The van der Waals surface area contributed by atoms with Crippen LogP contribution in [0.4, 0.5) is 4.39 Å². The molecule has 0 saturated carbocycles. The number of benzene rings is 2. The van der Waals surface area contributed by atoms with Crippen molar-refractivity contribution in [1.82, 2.24) is 0 Å². The van der Waals surface area contributed by atoms with Crippen LogP contribution in [0.15, 0.2) is 42.5 Å².